The van der Waals surface area contributed by atoms with Crippen molar-refractivity contribution in [2.24, 2.45) is 7.05 Å². The molecule has 2 rings (SSSR count). The number of halogens is 1. The van der Waals surface area contributed by atoms with Crippen molar-refractivity contribution in [2.45, 2.75) is 44.0 Å². The molecule has 1 fully saturated rings. The average Bonchev–Trinajstić information content (AvgIpc) is 2.55. The van der Waals surface area contributed by atoms with E-state index in [-0.39, 0.29) is 5.75 Å². The van der Waals surface area contributed by atoms with Crippen LogP contribution in [0.15, 0.2) is 4.47 Å². The van der Waals surface area contributed by atoms with Gasteiger partial charge in [-0.05, 0) is 35.7 Å². The summed E-state index contributed by atoms with van der Waals surface area (Å²) in [6.07, 6.45) is 1.57. The van der Waals surface area contributed by atoms with E-state index >= 15 is 0 Å². The van der Waals surface area contributed by atoms with Gasteiger partial charge in [0.05, 0.1) is 33.0 Å². The van der Waals surface area contributed by atoms with Crippen LogP contribution in [0, 0.1) is 6.92 Å². The minimum absolute atomic E-state index is 0.195. The van der Waals surface area contributed by atoms with E-state index < -0.39 is 21.2 Å². The molecule has 0 bridgehead atoms. The Labute approximate surface area is 122 Å². The number of hydrogen-bond donors (Lipinski definition) is 1. The number of sulfone groups is 1. The fourth-order valence-electron chi connectivity index (χ4n) is 2.64. The molecule has 2 unspecified atom stereocenters. The van der Waals surface area contributed by atoms with Crippen LogP contribution in [0.3, 0.4) is 0 Å². The Balaban J connectivity index is 2.19. The Morgan fingerprint density at radius 3 is 2.74 bits per heavy atom. The van der Waals surface area contributed by atoms with Crippen molar-refractivity contribution in [1.82, 2.24) is 9.78 Å². The molecule has 1 aliphatic heterocycles. The first-order chi connectivity index (χ1) is 8.83. The summed E-state index contributed by atoms with van der Waals surface area (Å²) >= 11 is 3.44. The summed E-state index contributed by atoms with van der Waals surface area (Å²) in [6.45, 7) is 1.87. The van der Waals surface area contributed by atoms with Crippen molar-refractivity contribution in [3.8, 4) is 0 Å². The molecule has 108 valence electrons. The zero-order valence-electron chi connectivity index (χ0n) is 11.1. The van der Waals surface area contributed by atoms with Crippen molar-refractivity contribution in [3.05, 3.63) is 15.9 Å². The molecule has 0 aliphatic carbocycles. The van der Waals surface area contributed by atoms with Gasteiger partial charge in [-0.1, -0.05) is 6.42 Å². The predicted octanol–water partition coefficient (Wildman–Crippen LogP) is 1.36. The highest BCUT2D eigenvalue weighted by molar-refractivity contribution is 9.10. The average molecular weight is 351 g/mol. The fraction of sp³-hybridized carbons (Fsp3) is 0.750. The molecule has 0 saturated carbocycles. The second-order valence-corrected chi connectivity index (χ2v) is 8.27. The Bertz CT molecular complexity index is 568. The molecule has 0 aromatic carbocycles. The highest BCUT2D eigenvalue weighted by atomic mass is 79.9. The normalized spacial score (nSPS) is 24.3. The summed E-state index contributed by atoms with van der Waals surface area (Å²) in [5, 5.41) is 13.9. The maximum atomic E-state index is 12.0. The SMILES string of the molecule is Cc1nn(C)c(CC(O)C2CCCCS2(=O)=O)c1Br. The van der Waals surface area contributed by atoms with E-state index in [9.17, 15) is 13.5 Å². The van der Waals surface area contributed by atoms with Crippen LogP contribution in [0.5, 0.6) is 0 Å². The van der Waals surface area contributed by atoms with Gasteiger partial charge in [-0.2, -0.15) is 5.10 Å². The molecule has 5 nitrogen and oxygen atoms in total. The first-order valence-corrected chi connectivity index (χ1v) is 8.91. The van der Waals surface area contributed by atoms with E-state index in [1.165, 1.54) is 0 Å². The number of aliphatic hydroxyl groups is 1. The molecule has 2 atom stereocenters. The van der Waals surface area contributed by atoms with E-state index in [0.717, 1.165) is 22.3 Å². The zero-order valence-corrected chi connectivity index (χ0v) is 13.5. The summed E-state index contributed by atoms with van der Waals surface area (Å²) in [4.78, 5) is 0. The highest BCUT2D eigenvalue weighted by Gasteiger charge is 2.35. The van der Waals surface area contributed by atoms with Crippen molar-refractivity contribution >= 4 is 25.8 Å². The zero-order chi connectivity index (χ0) is 14.2. The lowest BCUT2D eigenvalue weighted by atomic mass is 10.1. The van der Waals surface area contributed by atoms with Gasteiger partial charge < -0.3 is 5.11 Å². The van der Waals surface area contributed by atoms with Crippen LogP contribution >= 0.6 is 15.9 Å². The Morgan fingerprint density at radius 2 is 2.21 bits per heavy atom. The summed E-state index contributed by atoms with van der Waals surface area (Å²) in [5.41, 5.74) is 1.68. The number of aryl methyl sites for hydroxylation is 2. The van der Waals surface area contributed by atoms with Crippen molar-refractivity contribution < 1.29 is 13.5 Å². The number of aromatic nitrogens is 2. The minimum Gasteiger partial charge on any atom is -0.391 e. The first kappa shape index (κ1) is 15.0. The van der Waals surface area contributed by atoms with Crippen molar-refractivity contribution in [3.63, 3.8) is 0 Å². The topological polar surface area (TPSA) is 72.2 Å². The molecule has 1 N–H and O–H groups in total. The number of nitrogens with zero attached hydrogens (tertiary/aromatic N) is 2. The van der Waals surface area contributed by atoms with E-state index in [0.29, 0.717) is 19.3 Å². The van der Waals surface area contributed by atoms with Gasteiger partial charge in [0, 0.05) is 13.5 Å². The van der Waals surface area contributed by atoms with E-state index in [1.807, 2.05) is 6.92 Å². The van der Waals surface area contributed by atoms with Gasteiger partial charge in [-0.3, -0.25) is 4.68 Å². The monoisotopic (exact) mass is 350 g/mol. The lowest BCUT2D eigenvalue weighted by Gasteiger charge is -2.26. The molecule has 0 radical (unpaired) electrons. The van der Waals surface area contributed by atoms with E-state index in [4.69, 9.17) is 0 Å². The smallest absolute Gasteiger partial charge is 0.155 e. The molecule has 1 aliphatic rings. The van der Waals surface area contributed by atoms with E-state index in [1.54, 1.807) is 11.7 Å². The molecule has 2 heterocycles. The molecule has 1 aromatic rings. The molecule has 19 heavy (non-hydrogen) atoms. The molecule has 7 heteroatoms. The summed E-state index contributed by atoms with van der Waals surface area (Å²) in [6, 6.07) is 0. The number of aliphatic hydroxyl groups excluding tert-OH is 1. The minimum atomic E-state index is -3.16. The van der Waals surface area contributed by atoms with Gasteiger partial charge in [0.1, 0.15) is 0 Å². The Hall–Kier alpha value is -0.400. The summed E-state index contributed by atoms with van der Waals surface area (Å²) in [7, 11) is -1.36. The van der Waals surface area contributed by atoms with Crippen molar-refractivity contribution in [2.75, 3.05) is 5.75 Å². The molecular weight excluding hydrogens is 332 g/mol. The van der Waals surface area contributed by atoms with Gasteiger partial charge in [0.15, 0.2) is 9.84 Å². The molecular formula is C12H19BrN2O3S. The highest BCUT2D eigenvalue weighted by Crippen LogP contribution is 2.27. The van der Waals surface area contributed by atoms with Crippen molar-refractivity contribution in [1.29, 1.82) is 0 Å². The van der Waals surface area contributed by atoms with Crippen LogP contribution in [-0.2, 0) is 23.3 Å². The lowest BCUT2D eigenvalue weighted by molar-refractivity contribution is 0.159. The molecule has 1 saturated heterocycles. The van der Waals surface area contributed by atoms with E-state index in [2.05, 4.69) is 21.0 Å². The standard InChI is InChI=1S/C12H19BrN2O3S/c1-8-12(13)9(15(2)14-8)7-10(16)11-5-3-4-6-19(11,17)18/h10-11,16H,3-7H2,1-2H3. The first-order valence-electron chi connectivity index (χ1n) is 6.40. The van der Waals surface area contributed by atoms with Crippen LogP contribution in [0.25, 0.3) is 0 Å². The quantitative estimate of drug-likeness (QED) is 0.893. The number of hydrogen-bond acceptors (Lipinski definition) is 4. The van der Waals surface area contributed by atoms with Crippen LogP contribution in [0.2, 0.25) is 0 Å². The Kier molecular flexibility index (Phi) is 4.37. The van der Waals surface area contributed by atoms with Gasteiger partial charge in [-0.15, -0.1) is 0 Å². The van der Waals surface area contributed by atoms with Gasteiger partial charge in [0.25, 0.3) is 0 Å². The second kappa shape index (κ2) is 5.54. The van der Waals surface area contributed by atoms with Gasteiger partial charge in [-0.25, -0.2) is 8.42 Å². The second-order valence-electron chi connectivity index (χ2n) is 5.14. The predicted molar refractivity (Wildman–Crippen MR) is 76.8 cm³/mol. The van der Waals surface area contributed by atoms with Crippen LogP contribution in [0.4, 0.5) is 0 Å². The number of rotatable bonds is 3. The maximum absolute atomic E-state index is 12.0. The summed E-state index contributed by atoms with van der Waals surface area (Å²) < 4.78 is 26.5. The molecule has 0 spiro atoms. The largest absolute Gasteiger partial charge is 0.391 e. The van der Waals surface area contributed by atoms with Gasteiger partial charge >= 0.3 is 0 Å². The fourth-order valence-corrected chi connectivity index (χ4v) is 5.15. The van der Waals surface area contributed by atoms with Crippen LogP contribution < -0.4 is 0 Å². The third kappa shape index (κ3) is 3.03. The molecule has 1 aromatic heterocycles. The Morgan fingerprint density at radius 1 is 1.53 bits per heavy atom. The third-order valence-electron chi connectivity index (χ3n) is 3.72. The maximum Gasteiger partial charge on any atom is 0.155 e. The van der Waals surface area contributed by atoms with Crippen LogP contribution in [0.1, 0.15) is 30.7 Å². The third-order valence-corrected chi connectivity index (χ3v) is 7.08. The molecule has 0 amide bonds. The lowest BCUT2D eigenvalue weighted by Crippen LogP contribution is -2.39. The summed E-state index contributed by atoms with van der Waals surface area (Å²) in [5.74, 6) is 0.195. The van der Waals surface area contributed by atoms with Gasteiger partial charge in [0.2, 0.25) is 0 Å². The van der Waals surface area contributed by atoms with Crippen LogP contribution in [-0.4, -0.2) is 40.4 Å².